The lowest BCUT2D eigenvalue weighted by Crippen LogP contribution is -2.29. The van der Waals surface area contributed by atoms with Crippen molar-refractivity contribution < 1.29 is 8.42 Å². The van der Waals surface area contributed by atoms with Gasteiger partial charge >= 0.3 is 0 Å². The topological polar surface area (TPSA) is 76.3 Å². The van der Waals surface area contributed by atoms with E-state index in [1.807, 2.05) is 0 Å². The molecule has 1 aliphatic rings. The molecule has 1 atom stereocenters. The third kappa shape index (κ3) is 2.21. The molecule has 0 radical (unpaired) electrons. The van der Waals surface area contributed by atoms with Crippen molar-refractivity contribution in [1.82, 2.24) is 4.37 Å². The van der Waals surface area contributed by atoms with Crippen LogP contribution in [0.3, 0.4) is 0 Å². The average molecular weight is 289 g/mol. The van der Waals surface area contributed by atoms with E-state index in [4.69, 9.17) is 5.73 Å². The van der Waals surface area contributed by atoms with Gasteiger partial charge in [-0.3, -0.25) is 0 Å². The SMILES string of the molecule is CCC1CCCN1c1snc(N)c1S(=O)(=O)CC. The molecule has 1 saturated heterocycles. The number of nitrogens with zero attached hydrogens (tertiary/aromatic N) is 2. The van der Waals surface area contributed by atoms with Crippen molar-refractivity contribution in [2.75, 3.05) is 22.9 Å². The van der Waals surface area contributed by atoms with Gasteiger partial charge in [-0.2, -0.15) is 4.37 Å². The van der Waals surface area contributed by atoms with Gasteiger partial charge in [0.1, 0.15) is 9.90 Å². The molecule has 1 unspecified atom stereocenters. The van der Waals surface area contributed by atoms with Gasteiger partial charge in [0, 0.05) is 12.6 Å². The minimum Gasteiger partial charge on any atom is -0.382 e. The standard InChI is InChI=1S/C11H19N3O2S2/c1-3-8-6-5-7-14(8)11-9(10(12)13-17-11)18(15,16)4-2/h8H,3-7H2,1-2H3,(H2,12,13). The lowest BCUT2D eigenvalue weighted by Gasteiger charge is -2.24. The van der Waals surface area contributed by atoms with Crippen LogP contribution in [0, 0.1) is 0 Å². The van der Waals surface area contributed by atoms with E-state index in [1.165, 1.54) is 11.5 Å². The summed E-state index contributed by atoms with van der Waals surface area (Å²) >= 11 is 1.21. The molecular formula is C11H19N3O2S2. The summed E-state index contributed by atoms with van der Waals surface area (Å²) in [7, 11) is -3.30. The van der Waals surface area contributed by atoms with Crippen LogP contribution in [0.4, 0.5) is 10.8 Å². The van der Waals surface area contributed by atoms with E-state index in [0.717, 1.165) is 30.8 Å². The minimum absolute atomic E-state index is 0.0627. The van der Waals surface area contributed by atoms with Crippen LogP contribution in [-0.4, -0.2) is 31.1 Å². The molecule has 2 N–H and O–H groups in total. The Morgan fingerprint density at radius 1 is 1.50 bits per heavy atom. The fourth-order valence-electron chi connectivity index (χ4n) is 2.43. The molecule has 7 heteroatoms. The Bertz CT molecular complexity index is 524. The Morgan fingerprint density at radius 3 is 2.83 bits per heavy atom. The molecule has 1 aliphatic heterocycles. The smallest absolute Gasteiger partial charge is 0.184 e. The Labute approximate surface area is 112 Å². The zero-order chi connectivity index (χ0) is 13.3. The average Bonchev–Trinajstić information content (AvgIpc) is 2.94. The summed E-state index contributed by atoms with van der Waals surface area (Å²) in [5.41, 5.74) is 5.75. The molecule has 0 spiro atoms. The summed E-state index contributed by atoms with van der Waals surface area (Å²) < 4.78 is 28.3. The van der Waals surface area contributed by atoms with Crippen LogP contribution in [0.1, 0.15) is 33.1 Å². The van der Waals surface area contributed by atoms with Crippen molar-refractivity contribution in [2.45, 2.75) is 44.0 Å². The van der Waals surface area contributed by atoms with Gasteiger partial charge < -0.3 is 10.6 Å². The maximum absolute atomic E-state index is 12.1. The third-order valence-corrected chi connectivity index (χ3v) is 6.27. The largest absolute Gasteiger partial charge is 0.382 e. The maximum Gasteiger partial charge on any atom is 0.184 e. The molecule has 0 bridgehead atoms. The van der Waals surface area contributed by atoms with Crippen LogP contribution in [0.25, 0.3) is 0 Å². The molecular weight excluding hydrogens is 270 g/mol. The number of sulfone groups is 1. The molecule has 2 rings (SSSR count). The molecule has 1 aromatic heterocycles. The van der Waals surface area contributed by atoms with Crippen LogP contribution in [0.2, 0.25) is 0 Å². The van der Waals surface area contributed by atoms with Gasteiger partial charge in [-0.1, -0.05) is 13.8 Å². The van der Waals surface area contributed by atoms with E-state index in [9.17, 15) is 8.42 Å². The molecule has 0 aliphatic carbocycles. The number of nitrogen functional groups attached to an aromatic ring is 1. The van der Waals surface area contributed by atoms with Crippen molar-refractivity contribution in [1.29, 1.82) is 0 Å². The van der Waals surface area contributed by atoms with Crippen LogP contribution in [0.5, 0.6) is 0 Å². The lowest BCUT2D eigenvalue weighted by atomic mass is 10.2. The number of aromatic nitrogens is 1. The van der Waals surface area contributed by atoms with E-state index < -0.39 is 9.84 Å². The summed E-state index contributed by atoms with van der Waals surface area (Å²) in [5.74, 6) is 0.214. The van der Waals surface area contributed by atoms with Gasteiger partial charge in [0.05, 0.1) is 5.75 Å². The van der Waals surface area contributed by atoms with Crippen LogP contribution < -0.4 is 10.6 Å². The van der Waals surface area contributed by atoms with Crippen molar-refractivity contribution in [3.8, 4) is 0 Å². The van der Waals surface area contributed by atoms with Gasteiger partial charge in [0.2, 0.25) is 0 Å². The number of anilines is 2. The summed E-state index contributed by atoms with van der Waals surface area (Å²) in [6.07, 6.45) is 3.23. The van der Waals surface area contributed by atoms with Gasteiger partial charge in [-0.25, -0.2) is 8.42 Å². The van der Waals surface area contributed by atoms with Gasteiger partial charge in [0.15, 0.2) is 15.7 Å². The van der Waals surface area contributed by atoms with Crippen LogP contribution in [0.15, 0.2) is 4.90 Å². The number of nitrogens with two attached hydrogens (primary N) is 1. The van der Waals surface area contributed by atoms with E-state index in [1.54, 1.807) is 6.92 Å². The Hall–Kier alpha value is -0.820. The first-order valence-corrected chi connectivity index (χ1v) is 8.68. The van der Waals surface area contributed by atoms with E-state index in [-0.39, 0.29) is 16.5 Å². The van der Waals surface area contributed by atoms with Crippen molar-refractivity contribution in [3.63, 3.8) is 0 Å². The Morgan fingerprint density at radius 2 is 2.22 bits per heavy atom. The van der Waals surface area contributed by atoms with E-state index in [2.05, 4.69) is 16.2 Å². The summed E-state index contributed by atoms with van der Waals surface area (Å²) in [6, 6.07) is 0.413. The highest BCUT2D eigenvalue weighted by molar-refractivity contribution is 7.91. The summed E-state index contributed by atoms with van der Waals surface area (Å²) in [5, 5.41) is 0.735. The molecule has 0 amide bonds. The molecule has 102 valence electrons. The van der Waals surface area contributed by atoms with Crippen LogP contribution in [-0.2, 0) is 9.84 Å². The fourth-order valence-corrected chi connectivity index (χ4v) is 4.83. The molecule has 0 aromatic carbocycles. The molecule has 1 aromatic rings. The highest BCUT2D eigenvalue weighted by Crippen LogP contribution is 2.39. The van der Waals surface area contributed by atoms with Gasteiger partial charge in [-0.05, 0) is 30.8 Å². The lowest BCUT2D eigenvalue weighted by molar-refractivity contribution is 0.596. The van der Waals surface area contributed by atoms with Crippen molar-refractivity contribution in [2.24, 2.45) is 0 Å². The van der Waals surface area contributed by atoms with E-state index >= 15 is 0 Å². The number of hydrogen-bond acceptors (Lipinski definition) is 6. The third-order valence-electron chi connectivity index (χ3n) is 3.46. The van der Waals surface area contributed by atoms with Crippen molar-refractivity contribution >= 4 is 32.2 Å². The predicted octanol–water partition coefficient (Wildman–Crippen LogP) is 1.90. The molecule has 0 saturated carbocycles. The zero-order valence-corrected chi connectivity index (χ0v) is 12.4. The minimum atomic E-state index is -3.30. The van der Waals surface area contributed by atoms with Gasteiger partial charge in [0.25, 0.3) is 0 Å². The molecule has 5 nitrogen and oxygen atoms in total. The molecule has 18 heavy (non-hydrogen) atoms. The molecule has 2 heterocycles. The monoisotopic (exact) mass is 289 g/mol. The number of rotatable bonds is 4. The maximum atomic E-state index is 12.1. The fraction of sp³-hybridized carbons (Fsp3) is 0.727. The van der Waals surface area contributed by atoms with Crippen molar-refractivity contribution in [3.05, 3.63) is 0 Å². The highest BCUT2D eigenvalue weighted by atomic mass is 32.2. The highest BCUT2D eigenvalue weighted by Gasteiger charge is 2.32. The summed E-state index contributed by atoms with van der Waals surface area (Å²) in [4.78, 5) is 2.41. The second-order valence-corrected chi connectivity index (χ2v) is 7.47. The quantitative estimate of drug-likeness (QED) is 0.916. The first-order valence-electron chi connectivity index (χ1n) is 6.25. The zero-order valence-electron chi connectivity index (χ0n) is 10.7. The van der Waals surface area contributed by atoms with Gasteiger partial charge in [-0.15, -0.1) is 0 Å². The normalized spacial score (nSPS) is 20.6. The first-order chi connectivity index (χ1) is 8.51. The Kier molecular flexibility index (Phi) is 3.82. The number of hydrogen-bond donors (Lipinski definition) is 1. The Balaban J connectivity index is 2.47. The predicted molar refractivity (Wildman–Crippen MR) is 74.9 cm³/mol. The van der Waals surface area contributed by atoms with E-state index in [0.29, 0.717) is 6.04 Å². The second-order valence-electron chi connectivity index (χ2n) is 4.50. The summed E-state index contributed by atoms with van der Waals surface area (Å²) in [6.45, 7) is 4.66. The first kappa shape index (κ1) is 13.6. The van der Waals surface area contributed by atoms with Crippen LogP contribution >= 0.6 is 11.5 Å². The second kappa shape index (κ2) is 5.05. The molecule has 1 fully saturated rings.